The maximum Gasteiger partial charge on any atom is 0.228 e. The van der Waals surface area contributed by atoms with Crippen LogP contribution in [0.1, 0.15) is 18.4 Å². The highest BCUT2D eigenvalue weighted by Crippen LogP contribution is 2.33. The molecule has 5 rings (SSSR count). The van der Waals surface area contributed by atoms with Gasteiger partial charge in [-0.2, -0.15) is 10.4 Å². The van der Waals surface area contributed by atoms with Crippen LogP contribution in [-0.4, -0.2) is 47.9 Å². The van der Waals surface area contributed by atoms with Gasteiger partial charge < -0.3 is 20.1 Å². The van der Waals surface area contributed by atoms with Crippen LogP contribution in [0.4, 0.5) is 5.82 Å². The van der Waals surface area contributed by atoms with Crippen molar-refractivity contribution in [3.8, 4) is 22.9 Å². The van der Waals surface area contributed by atoms with Crippen LogP contribution in [0.25, 0.3) is 16.6 Å². The first-order valence-corrected chi connectivity index (χ1v) is 10.5. The van der Waals surface area contributed by atoms with Gasteiger partial charge in [-0.3, -0.25) is 4.79 Å². The number of rotatable bonds is 6. The number of anilines is 1. The summed E-state index contributed by atoms with van der Waals surface area (Å²) >= 11 is 0. The Labute approximate surface area is 179 Å². The van der Waals surface area contributed by atoms with E-state index in [1.807, 2.05) is 36.5 Å². The molecule has 1 saturated carbocycles. The molecule has 3 aromatic rings. The smallest absolute Gasteiger partial charge is 0.228 e. The minimum absolute atomic E-state index is 0.00723. The van der Waals surface area contributed by atoms with Crippen molar-refractivity contribution in [3.63, 3.8) is 0 Å². The highest BCUT2D eigenvalue weighted by Gasteiger charge is 2.30. The molecule has 2 fully saturated rings. The van der Waals surface area contributed by atoms with Crippen molar-refractivity contribution in [1.82, 2.24) is 14.9 Å². The number of carbonyl (C=O) groups is 1. The number of amides is 1. The molecule has 1 atom stereocenters. The Morgan fingerprint density at radius 3 is 3.00 bits per heavy atom. The van der Waals surface area contributed by atoms with E-state index in [4.69, 9.17) is 9.47 Å². The maximum absolute atomic E-state index is 12.0. The number of pyridine rings is 1. The molecule has 8 nitrogen and oxygen atoms in total. The maximum atomic E-state index is 12.0. The number of ether oxygens (including phenoxy) is 2. The molecule has 1 saturated heterocycles. The van der Waals surface area contributed by atoms with Crippen LogP contribution in [0.2, 0.25) is 0 Å². The number of nitriles is 1. The number of morpholine rings is 1. The van der Waals surface area contributed by atoms with E-state index in [0.717, 1.165) is 42.6 Å². The number of nitrogens with one attached hydrogen (secondary N) is 2. The van der Waals surface area contributed by atoms with E-state index in [1.54, 1.807) is 10.6 Å². The highest BCUT2D eigenvalue weighted by atomic mass is 16.5. The Balaban J connectivity index is 1.41. The fraction of sp³-hybridized carbons (Fsp3) is 0.348. The normalized spacial score (nSPS) is 18.5. The quantitative estimate of drug-likeness (QED) is 0.639. The van der Waals surface area contributed by atoms with Gasteiger partial charge in [0, 0.05) is 36.8 Å². The second kappa shape index (κ2) is 8.38. The van der Waals surface area contributed by atoms with Crippen molar-refractivity contribution in [2.45, 2.75) is 18.9 Å². The lowest BCUT2D eigenvalue weighted by Gasteiger charge is -2.24. The zero-order valence-electron chi connectivity index (χ0n) is 17.0. The van der Waals surface area contributed by atoms with E-state index in [-0.39, 0.29) is 17.9 Å². The number of aromatic nitrogens is 2. The highest BCUT2D eigenvalue weighted by molar-refractivity contribution is 5.93. The fourth-order valence-corrected chi connectivity index (χ4v) is 3.66. The molecular formula is C23H23N5O3. The fourth-order valence-electron chi connectivity index (χ4n) is 3.66. The summed E-state index contributed by atoms with van der Waals surface area (Å²) in [5.74, 6) is 1.38. The third-order valence-electron chi connectivity index (χ3n) is 5.51. The zero-order valence-corrected chi connectivity index (χ0v) is 17.0. The number of benzene rings is 1. The number of hydrogen-bond donors (Lipinski definition) is 2. The molecular weight excluding hydrogens is 394 g/mol. The van der Waals surface area contributed by atoms with Gasteiger partial charge in [0.05, 0.1) is 23.8 Å². The molecule has 0 radical (unpaired) electrons. The van der Waals surface area contributed by atoms with Crippen LogP contribution in [0.15, 0.2) is 42.6 Å². The van der Waals surface area contributed by atoms with Crippen LogP contribution >= 0.6 is 0 Å². The Hall–Kier alpha value is -3.41. The van der Waals surface area contributed by atoms with Crippen LogP contribution in [-0.2, 0) is 9.53 Å². The lowest BCUT2D eigenvalue weighted by atomic mass is 10.0. The average molecular weight is 417 g/mol. The molecule has 3 heterocycles. The molecule has 2 N–H and O–H groups in total. The van der Waals surface area contributed by atoms with E-state index in [2.05, 4.69) is 21.8 Å². The molecule has 2 aromatic heterocycles. The molecule has 1 aromatic carbocycles. The number of fused-ring (bicyclic) bond motifs is 1. The summed E-state index contributed by atoms with van der Waals surface area (Å²) in [5, 5.41) is 20.0. The second-order valence-corrected chi connectivity index (χ2v) is 7.91. The number of carbonyl (C=O) groups excluding carboxylic acids is 1. The Morgan fingerprint density at radius 1 is 1.32 bits per heavy atom. The van der Waals surface area contributed by atoms with Gasteiger partial charge in [0.25, 0.3) is 0 Å². The average Bonchev–Trinajstić information content (AvgIpc) is 3.58. The largest absolute Gasteiger partial charge is 0.490 e. The first-order valence-electron chi connectivity index (χ1n) is 10.5. The molecule has 1 aliphatic carbocycles. The molecule has 1 amide bonds. The predicted octanol–water partition coefficient (Wildman–Crippen LogP) is 2.59. The molecule has 2 aliphatic rings. The van der Waals surface area contributed by atoms with Crippen LogP contribution in [0.3, 0.4) is 0 Å². The van der Waals surface area contributed by atoms with E-state index in [0.29, 0.717) is 30.3 Å². The standard InChI is InChI=1S/C23H23N5O3/c24-12-15-1-4-21(31-14-19-13-25-6-8-30-19)20(9-15)17-5-7-28-18(10-17)11-22(27-28)26-23(29)16-2-3-16/h1,4-5,7,9-11,16,19,25H,2-3,6,8,13-14H2,(H,26,27,29)/t19-/m0/s1. The van der Waals surface area contributed by atoms with Gasteiger partial charge in [0.1, 0.15) is 18.5 Å². The molecule has 31 heavy (non-hydrogen) atoms. The van der Waals surface area contributed by atoms with Crippen molar-refractivity contribution >= 4 is 17.2 Å². The minimum Gasteiger partial charge on any atom is -0.490 e. The van der Waals surface area contributed by atoms with Gasteiger partial charge >= 0.3 is 0 Å². The molecule has 158 valence electrons. The minimum atomic E-state index is -0.00723. The van der Waals surface area contributed by atoms with Crippen molar-refractivity contribution in [2.75, 3.05) is 31.6 Å². The van der Waals surface area contributed by atoms with Crippen LogP contribution < -0.4 is 15.4 Å². The molecule has 8 heteroatoms. The summed E-state index contributed by atoms with van der Waals surface area (Å²) in [4.78, 5) is 12.0. The zero-order chi connectivity index (χ0) is 21.2. The van der Waals surface area contributed by atoms with Crippen molar-refractivity contribution < 1.29 is 14.3 Å². The SMILES string of the molecule is N#Cc1ccc(OC[C@@H]2CNCCO2)c(-c2ccn3nc(NC(=O)C4CC4)cc3c2)c1. The second-order valence-electron chi connectivity index (χ2n) is 7.91. The Bertz CT molecular complexity index is 1160. The lowest BCUT2D eigenvalue weighted by Crippen LogP contribution is -2.41. The van der Waals surface area contributed by atoms with E-state index >= 15 is 0 Å². The molecule has 1 aliphatic heterocycles. The van der Waals surface area contributed by atoms with Gasteiger partial charge in [-0.1, -0.05) is 0 Å². The van der Waals surface area contributed by atoms with Crippen LogP contribution in [0.5, 0.6) is 5.75 Å². The number of nitrogens with zero attached hydrogens (tertiary/aromatic N) is 3. The Morgan fingerprint density at radius 2 is 2.23 bits per heavy atom. The van der Waals surface area contributed by atoms with E-state index < -0.39 is 0 Å². The van der Waals surface area contributed by atoms with Crippen LogP contribution in [0, 0.1) is 17.2 Å². The lowest BCUT2D eigenvalue weighted by molar-refractivity contribution is -0.117. The summed E-state index contributed by atoms with van der Waals surface area (Å²) in [5.41, 5.74) is 3.14. The van der Waals surface area contributed by atoms with Gasteiger partial charge in [-0.05, 0) is 48.7 Å². The third kappa shape index (κ3) is 4.38. The van der Waals surface area contributed by atoms with E-state index in [9.17, 15) is 10.1 Å². The van der Waals surface area contributed by atoms with E-state index in [1.165, 1.54) is 0 Å². The van der Waals surface area contributed by atoms with Crippen molar-refractivity contribution in [1.29, 1.82) is 5.26 Å². The summed E-state index contributed by atoms with van der Waals surface area (Å²) in [6.45, 7) is 2.71. The first kappa shape index (κ1) is 19.5. The van der Waals surface area contributed by atoms with Crippen molar-refractivity contribution in [2.24, 2.45) is 5.92 Å². The summed E-state index contributed by atoms with van der Waals surface area (Å²) in [6.07, 6.45) is 3.73. The third-order valence-corrected chi connectivity index (χ3v) is 5.51. The topological polar surface area (TPSA) is 101 Å². The summed E-state index contributed by atoms with van der Waals surface area (Å²) in [6, 6.07) is 13.3. The Kier molecular flexibility index (Phi) is 5.28. The molecule has 0 unspecified atom stereocenters. The van der Waals surface area contributed by atoms with Gasteiger partial charge in [0.2, 0.25) is 5.91 Å². The van der Waals surface area contributed by atoms with Gasteiger partial charge in [-0.25, -0.2) is 4.52 Å². The summed E-state index contributed by atoms with van der Waals surface area (Å²) < 4.78 is 13.5. The summed E-state index contributed by atoms with van der Waals surface area (Å²) in [7, 11) is 0. The first-order chi connectivity index (χ1) is 15.2. The van der Waals surface area contributed by atoms with Crippen molar-refractivity contribution in [3.05, 3.63) is 48.2 Å². The molecule has 0 spiro atoms. The predicted molar refractivity (Wildman–Crippen MR) is 115 cm³/mol. The monoisotopic (exact) mass is 417 g/mol. The molecule has 0 bridgehead atoms. The number of hydrogen-bond acceptors (Lipinski definition) is 6. The van der Waals surface area contributed by atoms with Gasteiger partial charge in [-0.15, -0.1) is 0 Å². The van der Waals surface area contributed by atoms with Gasteiger partial charge in [0.15, 0.2) is 5.82 Å².